The van der Waals surface area contributed by atoms with E-state index in [2.05, 4.69) is 15.0 Å². The molecule has 0 radical (unpaired) electrons. The Hall–Kier alpha value is -3.30. The number of halogens is 2. The third-order valence-electron chi connectivity index (χ3n) is 5.17. The molecular formula is C23H19ClFN3O4S. The van der Waals surface area contributed by atoms with Crippen LogP contribution < -0.4 is 14.8 Å². The van der Waals surface area contributed by atoms with Crippen molar-refractivity contribution in [1.82, 2.24) is 10.3 Å². The highest BCUT2D eigenvalue weighted by Crippen LogP contribution is 2.29. The number of aromatic nitrogens is 1. The summed E-state index contributed by atoms with van der Waals surface area (Å²) in [6.07, 6.45) is 1.71. The van der Waals surface area contributed by atoms with E-state index in [1.807, 2.05) is 0 Å². The van der Waals surface area contributed by atoms with E-state index in [1.54, 1.807) is 30.5 Å². The van der Waals surface area contributed by atoms with Gasteiger partial charge in [-0.3, -0.25) is 9.59 Å². The molecule has 0 aliphatic carbocycles. The summed E-state index contributed by atoms with van der Waals surface area (Å²) in [5.41, 5.74) is 2.32. The van der Waals surface area contributed by atoms with Gasteiger partial charge in [-0.2, -0.15) is 0 Å². The number of carbonyl (C=O) groups excluding carboxylic acids is 2. The van der Waals surface area contributed by atoms with Crippen molar-refractivity contribution in [2.45, 2.75) is 18.2 Å². The maximum Gasteiger partial charge on any atom is 0.251 e. The second-order valence-corrected chi connectivity index (χ2v) is 9.13. The summed E-state index contributed by atoms with van der Waals surface area (Å²) in [6.45, 7) is 0.247. The number of fused-ring (bicyclic) bond motifs is 1. The summed E-state index contributed by atoms with van der Waals surface area (Å²) in [4.78, 5) is 29.8. The smallest absolute Gasteiger partial charge is 0.251 e. The van der Waals surface area contributed by atoms with Crippen molar-refractivity contribution in [2.24, 2.45) is 0 Å². The molecule has 3 aromatic rings. The predicted molar refractivity (Wildman–Crippen MR) is 123 cm³/mol. The number of ether oxygens (including phenoxy) is 1. The molecule has 1 aliphatic rings. The molecule has 0 fully saturated rings. The van der Waals surface area contributed by atoms with Gasteiger partial charge in [0.05, 0.1) is 17.8 Å². The van der Waals surface area contributed by atoms with Crippen LogP contribution in [0.4, 0.5) is 10.1 Å². The number of hydrogen-bond acceptors (Lipinski definition) is 5. The Morgan fingerprint density at radius 2 is 2.00 bits per heavy atom. The number of methoxy groups -OCH3 is 1. The van der Waals surface area contributed by atoms with Gasteiger partial charge in [0, 0.05) is 29.9 Å². The zero-order valence-electron chi connectivity index (χ0n) is 17.4. The van der Waals surface area contributed by atoms with E-state index in [4.69, 9.17) is 16.3 Å². The first-order valence-electron chi connectivity index (χ1n) is 9.92. The normalized spacial score (nSPS) is 17.1. The minimum atomic E-state index is -1.68. The molecule has 0 bridgehead atoms. The third kappa shape index (κ3) is 5.04. The van der Waals surface area contributed by atoms with Crippen molar-refractivity contribution >= 4 is 40.0 Å². The minimum absolute atomic E-state index is 0.0686. The standard InChI is InChI=1S/C23H19ClFN3O4S/c1-32-21-7-3-14(11-26-21)12-27-23(30)15-4-6-19-16(10-15)22(29)20(33(31)28-19)9-13-2-5-18(25)17(24)8-13/h2-8,10-11,20,28H,9,12H2,1H3,(H,27,30). The average molecular weight is 488 g/mol. The molecule has 2 heterocycles. The zero-order chi connectivity index (χ0) is 23.5. The molecule has 2 N–H and O–H groups in total. The second kappa shape index (κ2) is 9.68. The lowest BCUT2D eigenvalue weighted by Crippen LogP contribution is -2.37. The van der Waals surface area contributed by atoms with Crippen LogP contribution in [-0.2, 0) is 24.0 Å². The molecule has 2 atom stereocenters. The summed E-state index contributed by atoms with van der Waals surface area (Å²) in [5, 5.41) is 1.82. The molecule has 1 aromatic heterocycles. The van der Waals surface area contributed by atoms with Gasteiger partial charge in [0.15, 0.2) is 5.78 Å². The van der Waals surface area contributed by atoms with Crippen molar-refractivity contribution < 1.29 is 22.9 Å². The number of nitrogens with one attached hydrogen (secondary N) is 2. The number of rotatable bonds is 6. The van der Waals surface area contributed by atoms with Gasteiger partial charge < -0.3 is 14.8 Å². The molecule has 0 saturated heterocycles. The van der Waals surface area contributed by atoms with E-state index in [0.717, 1.165) is 5.56 Å². The van der Waals surface area contributed by atoms with E-state index in [0.29, 0.717) is 22.7 Å². The highest BCUT2D eigenvalue weighted by Gasteiger charge is 2.34. The molecule has 10 heteroatoms. The highest BCUT2D eigenvalue weighted by atomic mass is 35.5. The number of benzene rings is 2. The van der Waals surface area contributed by atoms with Crippen LogP contribution in [0.5, 0.6) is 5.88 Å². The van der Waals surface area contributed by atoms with E-state index in [9.17, 15) is 18.2 Å². The first kappa shape index (κ1) is 22.9. The van der Waals surface area contributed by atoms with Crippen molar-refractivity contribution in [3.8, 4) is 5.88 Å². The molecular weight excluding hydrogens is 469 g/mol. The van der Waals surface area contributed by atoms with E-state index < -0.39 is 22.1 Å². The Labute approximate surface area is 196 Å². The fourth-order valence-electron chi connectivity index (χ4n) is 3.40. The molecule has 0 saturated carbocycles. The Bertz CT molecular complexity index is 1250. The fourth-order valence-corrected chi connectivity index (χ4v) is 4.80. The molecule has 4 rings (SSSR count). The third-order valence-corrected chi connectivity index (χ3v) is 6.78. The SMILES string of the molecule is COc1ccc(CNC(=O)c2ccc3c(c2)C(=O)C(Cc2ccc(F)c(Cl)c2)S(=O)N3)cn1. The van der Waals surface area contributed by atoms with Crippen LogP contribution in [0.2, 0.25) is 5.02 Å². The van der Waals surface area contributed by atoms with Gasteiger partial charge in [-0.25, -0.2) is 13.6 Å². The Morgan fingerprint density at radius 3 is 2.70 bits per heavy atom. The number of hydrogen-bond donors (Lipinski definition) is 2. The monoisotopic (exact) mass is 487 g/mol. The maximum atomic E-state index is 13.4. The lowest BCUT2D eigenvalue weighted by molar-refractivity contribution is 0.0951. The van der Waals surface area contributed by atoms with Gasteiger partial charge in [0.25, 0.3) is 5.91 Å². The molecule has 7 nitrogen and oxygen atoms in total. The van der Waals surface area contributed by atoms with Gasteiger partial charge >= 0.3 is 0 Å². The van der Waals surface area contributed by atoms with Crippen LogP contribution in [0.1, 0.15) is 31.8 Å². The molecule has 170 valence electrons. The average Bonchev–Trinajstić information content (AvgIpc) is 2.82. The Morgan fingerprint density at radius 1 is 1.21 bits per heavy atom. The predicted octanol–water partition coefficient (Wildman–Crippen LogP) is 3.70. The van der Waals surface area contributed by atoms with E-state index >= 15 is 0 Å². The van der Waals surface area contributed by atoms with Crippen LogP contribution >= 0.6 is 11.6 Å². The van der Waals surface area contributed by atoms with Crippen LogP contribution in [-0.4, -0.2) is 33.2 Å². The van der Waals surface area contributed by atoms with Gasteiger partial charge in [-0.05, 0) is 47.9 Å². The molecule has 2 unspecified atom stereocenters. The summed E-state index contributed by atoms with van der Waals surface area (Å²) >= 11 is 5.82. The van der Waals surface area contributed by atoms with Crippen LogP contribution in [0.15, 0.2) is 54.7 Å². The van der Waals surface area contributed by atoms with Crippen molar-refractivity contribution in [2.75, 3.05) is 11.8 Å². The Balaban J connectivity index is 1.49. The van der Waals surface area contributed by atoms with Gasteiger partial charge in [0.2, 0.25) is 5.88 Å². The number of carbonyl (C=O) groups is 2. The quantitative estimate of drug-likeness (QED) is 0.552. The summed E-state index contributed by atoms with van der Waals surface area (Å²) in [6, 6.07) is 12.2. The number of pyridine rings is 1. The number of Topliss-reactive ketones (excluding diaryl/α,β-unsaturated/α-hetero) is 1. The second-order valence-electron chi connectivity index (χ2n) is 7.36. The molecule has 33 heavy (non-hydrogen) atoms. The van der Waals surface area contributed by atoms with Crippen LogP contribution in [0, 0.1) is 5.82 Å². The largest absolute Gasteiger partial charge is 0.481 e. The lowest BCUT2D eigenvalue weighted by Gasteiger charge is -2.24. The molecule has 1 aliphatic heterocycles. The molecule has 1 amide bonds. The Kier molecular flexibility index (Phi) is 6.71. The van der Waals surface area contributed by atoms with Gasteiger partial charge in [0.1, 0.15) is 22.1 Å². The summed E-state index contributed by atoms with van der Waals surface area (Å²) in [7, 11) is -0.166. The van der Waals surface area contributed by atoms with Crippen molar-refractivity contribution in [3.05, 3.63) is 87.8 Å². The maximum absolute atomic E-state index is 13.4. The topological polar surface area (TPSA) is 97.4 Å². The number of ketones is 1. The molecule has 2 aromatic carbocycles. The zero-order valence-corrected chi connectivity index (χ0v) is 19.0. The molecule has 0 spiro atoms. The van der Waals surface area contributed by atoms with Crippen LogP contribution in [0.3, 0.4) is 0 Å². The van der Waals surface area contributed by atoms with E-state index in [1.165, 1.54) is 31.4 Å². The number of nitrogens with zero attached hydrogens (tertiary/aromatic N) is 1. The van der Waals surface area contributed by atoms with E-state index in [-0.39, 0.29) is 35.2 Å². The first-order valence-corrected chi connectivity index (χ1v) is 11.5. The van der Waals surface area contributed by atoms with Crippen LogP contribution in [0.25, 0.3) is 0 Å². The minimum Gasteiger partial charge on any atom is -0.481 e. The number of anilines is 1. The van der Waals surface area contributed by atoms with Gasteiger partial charge in [-0.1, -0.05) is 23.7 Å². The van der Waals surface area contributed by atoms with Crippen molar-refractivity contribution in [3.63, 3.8) is 0 Å². The summed E-state index contributed by atoms with van der Waals surface area (Å²) in [5.74, 6) is -0.826. The number of amides is 1. The summed E-state index contributed by atoms with van der Waals surface area (Å²) < 4.78 is 33.9. The lowest BCUT2D eigenvalue weighted by atomic mass is 9.98. The highest BCUT2D eigenvalue weighted by molar-refractivity contribution is 7.88. The fraction of sp³-hybridized carbons (Fsp3) is 0.174. The first-order chi connectivity index (χ1) is 15.9. The van der Waals surface area contributed by atoms with Crippen molar-refractivity contribution in [1.29, 1.82) is 0 Å². The van der Waals surface area contributed by atoms with Gasteiger partial charge in [-0.15, -0.1) is 0 Å².